The van der Waals surface area contributed by atoms with Crippen LogP contribution in [0.3, 0.4) is 0 Å². The Morgan fingerprint density at radius 2 is 0.735 bits per heavy atom. The minimum atomic E-state index is -1.06. The van der Waals surface area contributed by atoms with Crippen LogP contribution >= 0.6 is 0 Å². The SMILES string of the molecule is C=Cc1ccccc1.CCCCC=C(C)C(=O)[O-].CCCCC=C(C)C(=O)[O-].CCCCC=C(C)C(=O)[O-].CCCCC=C(C)C(=O)[O-].[C+4]. The van der Waals surface area contributed by atoms with Crippen molar-refractivity contribution in [1.82, 2.24) is 0 Å². The van der Waals surface area contributed by atoms with E-state index in [2.05, 4.69) is 34.3 Å². The van der Waals surface area contributed by atoms with Gasteiger partial charge in [0, 0.05) is 0 Å². The van der Waals surface area contributed by atoms with Gasteiger partial charge < -0.3 is 39.6 Å². The molecular weight excluding hydrogens is 620 g/mol. The summed E-state index contributed by atoms with van der Waals surface area (Å²) in [6, 6.07) is 10.0. The van der Waals surface area contributed by atoms with Gasteiger partial charge in [-0.1, -0.05) is 146 Å². The number of aliphatic carboxylic acids is 4. The van der Waals surface area contributed by atoms with Gasteiger partial charge in [-0.15, -0.1) is 0 Å². The Balaban J connectivity index is -0.000000164. The van der Waals surface area contributed by atoms with Gasteiger partial charge in [0.25, 0.3) is 0 Å². The van der Waals surface area contributed by atoms with Crippen LogP contribution in [0.1, 0.15) is 138 Å². The molecule has 1 aromatic carbocycles. The molecular formula is C41H60O8. The standard InChI is InChI=1S/4C8H14O2.C8H8.C/c4*1-3-4-5-6-7(2)8(9)10;1-2-8-6-4-3-5-7-8;/h4*6H,3-5H2,1-2H3,(H,9,10);2-7H,1H2;/q;;;;;+4/p-4. The van der Waals surface area contributed by atoms with Crippen molar-refractivity contribution >= 4 is 30.0 Å². The molecule has 0 unspecified atom stereocenters. The van der Waals surface area contributed by atoms with Crippen molar-refractivity contribution in [2.24, 2.45) is 0 Å². The fourth-order valence-electron chi connectivity index (χ4n) is 3.01. The van der Waals surface area contributed by atoms with Gasteiger partial charge in [0.05, 0.1) is 23.9 Å². The molecule has 0 saturated heterocycles. The maximum absolute atomic E-state index is 10.1. The number of carboxylic acid groups (broad SMARTS) is 4. The molecule has 0 amide bonds. The van der Waals surface area contributed by atoms with Gasteiger partial charge in [0.15, 0.2) is 0 Å². The first-order valence-electron chi connectivity index (χ1n) is 16.9. The predicted molar refractivity (Wildman–Crippen MR) is 193 cm³/mol. The summed E-state index contributed by atoms with van der Waals surface area (Å²) < 4.78 is 0. The predicted octanol–water partition coefficient (Wildman–Crippen LogP) is 5.90. The molecule has 8 nitrogen and oxygen atoms in total. The van der Waals surface area contributed by atoms with Gasteiger partial charge in [-0.2, -0.15) is 0 Å². The topological polar surface area (TPSA) is 161 Å². The smallest absolute Gasteiger partial charge is 0.545 e. The van der Waals surface area contributed by atoms with Crippen LogP contribution in [0.15, 0.2) is 83.5 Å². The zero-order chi connectivity index (χ0) is 37.8. The van der Waals surface area contributed by atoms with Crippen LogP contribution in [0.5, 0.6) is 0 Å². The zero-order valence-electron chi connectivity index (χ0n) is 31.2. The number of carbonyl (C=O) groups excluding carboxylic acids is 4. The minimum absolute atomic E-state index is 0. The molecule has 0 radical (unpaired) electrons. The average molecular weight is 681 g/mol. The van der Waals surface area contributed by atoms with E-state index in [1.807, 2.05) is 36.4 Å². The summed E-state index contributed by atoms with van der Waals surface area (Å²) in [5, 5.41) is 40.5. The first kappa shape index (κ1) is 54.3. The summed E-state index contributed by atoms with van der Waals surface area (Å²) >= 11 is 0. The first-order valence-corrected chi connectivity index (χ1v) is 16.9. The van der Waals surface area contributed by atoms with Gasteiger partial charge in [-0.3, -0.25) is 0 Å². The molecule has 272 valence electrons. The first-order chi connectivity index (χ1) is 22.7. The van der Waals surface area contributed by atoms with Crippen LogP contribution in [0.4, 0.5) is 0 Å². The molecule has 0 heterocycles. The second-order valence-electron chi connectivity index (χ2n) is 10.9. The normalized spacial score (nSPS) is 10.9. The van der Waals surface area contributed by atoms with Crippen LogP contribution in [-0.2, 0) is 19.2 Å². The summed E-state index contributed by atoms with van der Waals surface area (Å²) in [6.07, 6.45) is 20.6. The van der Waals surface area contributed by atoms with Gasteiger partial charge in [-0.05, 0) is 81.2 Å². The van der Waals surface area contributed by atoms with Crippen molar-refractivity contribution in [3.05, 3.63) is 96.5 Å². The molecule has 0 aliphatic heterocycles. The van der Waals surface area contributed by atoms with E-state index in [0.717, 1.165) is 77.0 Å². The monoisotopic (exact) mass is 680 g/mol. The molecule has 0 fully saturated rings. The quantitative estimate of drug-likeness (QED) is 0.145. The third-order valence-corrected chi connectivity index (χ3v) is 6.36. The number of hydrogen-bond acceptors (Lipinski definition) is 8. The summed E-state index contributed by atoms with van der Waals surface area (Å²) in [6.45, 7) is 18.2. The fourth-order valence-corrected chi connectivity index (χ4v) is 3.01. The third kappa shape index (κ3) is 43.8. The molecule has 0 spiro atoms. The molecule has 1 aromatic rings. The van der Waals surface area contributed by atoms with Crippen LogP contribution in [0.2, 0.25) is 0 Å². The maximum Gasteiger partial charge on any atom is 4.00 e. The molecule has 0 saturated carbocycles. The molecule has 0 N–H and O–H groups in total. The summed E-state index contributed by atoms with van der Waals surface area (Å²) in [5.74, 6) is -4.24. The van der Waals surface area contributed by atoms with Crippen molar-refractivity contribution in [1.29, 1.82) is 0 Å². The van der Waals surface area contributed by atoms with Gasteiger partial charge in [0.1, 0.15) is 0 Å². The van der Waals surface area contributed by atoms with E-state index in [1.165, 1.54) is 5.56 Å². The molecule has 1 rings (SSSR count). The van der Waals surface area contributed by atoms with E-state index < -0.39 is 23.9 Å². The summed E-state index contributed by atoms with van der Waals surface area (Å²) in [4.78, 5) is 40.5. The van der Waals surface area contributed by atoms with Crippen molar-refractivity contribution in [3.63, 3.8) is 0 Å². The number of hydrogen-bond donors (Lipinski definition) is 0. The van der Waals surface area contributed by atoms with E-state index in [1.54, 1.807) is 52.0 Å². The van der Waals surface area contributed by atoms with Gasteiger partial charge >= 0.3 is 7.43 Å². The zero-order valence-corrected chi connectivity index (χ0v) is 31.2. The number of carbonyl (C=O) groups is 4. The molecule has 0 bridgehead atoms. The van der Waals surface area contributed by atoms with Crippen LogP contribution in [-0.4, -0.2) is 23.9 Å². The van der Waals surface area contributed by atoms with E-state index >= 15 is 0 Å². The molecule has 8 heteroatoms. The van der Waals surface area contributed by atoms with E-state index in [0.29, 0.717) is 22.3 Å². The van der Waals surface area contributed by atoms with E-state index in [-0.39, 0.29) is 7.43 Å². The van der Waals surface area contributed by atoms with E-state index in [9.17, 15) is 39.6 Å². The van der Waals surface area contributed by atoms with Crippen molar-refractivity contribution in [3.8, 4) is 0 Å². The van der Waals surface area contributed by atoms with E-state index in [4.69, 9.17) is 0 Å². The molecule has 49 heavy (non-hydrogen) atoms. The molecule has 0 aliphatic rings. The Morgan fingerprint density at radius 1 is 0.510 bits per heavy atom. The van der Waals surface area contributed by atoms with Gasteiger partial charge in [0.2, 0.25) is 0 Å². The van der Waals surface area contributed by atoms with Gasteiger partial charge in [-0.25, -0.2) is 0 Å². The minimum Gasteiger partial charge on any atom is -0.545 e. The molecule has 0 aromatic heterocycles. The number of allylic oxidation sites excluding steroid dienone is 4. The Bertz CT molecular complexity index is 989. The Kier molecular flexibility index (Phi) is 44.3. The van der Waals surface area contributed by atoms with Crippen molar-refractivity contribution in [2.75, 3.05) is 0 Å². The Morgan fingerprint density at radius 3 is 0.878 bits per heavy atom. The second-order valence-corrected chi connectivity index (χ2v) is 10.9. The molecule has 0 atom stereocenters. The number of unbranched alkanes of at least 4 members (excludes halogenated alkanes) is 8. The number of carboxylic acids is 4. The summed E-state index contributed by atoms with van der Waals surface area (Å²) in [7, 11) is 0. The fraction of sp³-hybridized carbons (Fsp3) is 0.488. The Hall–Kier alpha value is -4.20. The van der Waals surface area contributed by atoms with Crippen LogP contribution in [0.25, 0.3) is 6.08 Å². The largest absolute Gasteiger partial charge is 4.00 e. The van der Waals surface area contributed by atoms with Crippen molar-refractivity contribution < 1.29 is 39.6 Å². The third-order valence-electron chi connectivity index (χ3n) is 6.36. The maximum atomic E-state index is 10.1. The Labute approximate surface area is 298 Å². The summed E-state index contributed by atoms with van der Waals surface area (Å²) in [5.41, 5.74) is 2.54. The van der Waals surface area contributed by atoms with Crippen molar-refractivity contribution in [2.45, 2.75) is 132 Å². The van der Waals surface area contributed by atoms with Crippen LogP contribution < -0.4 is 20.4 Å². The van der Waals surface area contributed by atoms with Crippen LogP contribution in [0, 0.1) is 7.43 Å². The average Bonchev–Trinajstić information content (AvgIpc) is 3.06. The number of rotatable bonds is 17. The molecule has 0 aliphatic carbocycles. The second kappa shape index (κ2) is 40.0. The number of benzene rings is 1.